The average Bonchev–Trinajstić information content (AvgIpc) is 2.03. The van der Waals surface area contributed by atoms with Crippen molar-refractivity contribution in [3.8, 4) is 0 Å². The molecular weight excluding hydrogens is 148 g/mol. The molecule has 0 bridgehead atoms. The third-order valence-corrected chi connectivity index (χ3v) is 1.26. The SMILES string of the molecule is CNC(CO)C(=O)NCCO. The molecule has 0 saturated carbocycles. The monoisotopic (exact) mass is 162 g/mol. The van der Waals surface area contributed by atoms with Gasteiger partial charge in [0.1, 0.15) is 6.04 Å². The van der Waals surface area contributed by atoms with E-state index in [1.165, 1.54) is 0 Å². The third-order valence-electron chi connectivity index (χ3n) is 1.26. The van der Waals surface area contributed by atoms with Gasteiger partial charge in [0.15, 0.2) is 0 Å². The lowest BCUT2D eigenvalue weighted by molar-refractivity contribution is -0.124. The molecule has 0 aliphatic rings. The van der Waals surface area contributed by atoms with Crippen LogP contribution in [0.5, 0.6) is 0 Å². The Morgan fingerprint density at radius 2 is 2.18 bits per heavy atom. The summed E-state index contributed by atoms with van der Waals surface area (Å²) in [7, 11) is 1.58. The molecule has 1 atom stereocenters. The Bertz CT molecular complexity index is 114. The molecule has 0 saturated heterocycles. The van der Waals surface area contributed by atoms with E-state index < -0.39 is 6.04 Å². The zero-order valence-corrected chi connectivity index (χ0v) is 6.50. The number of hydrogen-bond acceptors (Lipinski definition) is 4. The second-order valence-corrected chi connectivity index (χ2v) is 2.04. The van der Waals surface area contributed by atoms with E-state index in [1.54, 1.807) is 7.05 Å². The number of likely N-dealkylation sites (N-methyl/N-ethyl adjacent to an activating group) is 1. The van der Waals surface area contributed by atoms with Crippen LogP contribution >= 0.6 is 0 Å². The van der Waals surface area contributed by atoms with Gasteiger partial charge in [-0.15, -0.1) is 0 Å². The van der Waals surface area contributed by atoms with E-state index in [0.29, 0.717) is 0 Å². The first-order valence-corrected chi connectivity index (χ1v) is 3.43. The Kier molecular flexibility index (Phi) is 5.73. The van der Waals surface area contributed by atoms with E-state index in [0.717, 1.165) is 0 Å². The van der Waals surface area contributed by atoms with E-state index in [1.807, 2.05) is 0 Å². The Balaban J connectivity index is 3.61. The van der Waals surface area contributed by atoms with Crippen molar-refractivity contribution in [2.75, 3.05) is 26.8 Å². The molecule has 0 aromatic heterocycles. The number of carbonyl (C=O) groups excluding carboxylic acids is 1. The van der Waals surface area contributed by atoms with Crippen LogP contribution in [0.4, 0.5) is 0 Å². The largest absolute Gasteiger partial charge is 0.395 e. The van der Waals surface area contributed by atoms with Crippen molar-refractivity contribution < 1.29 is 15.0 Å². The Morgan fingerprint density at radius 3 is 2.55 bits per heavy atom. The molecule has 0 radical (unpaired) electrons. The lowest BCUT2D eigenvalue weighted by Gasteiger charge is -2.11. The summed E-state index contributed by atoms with van der Waals surface area (Å²) < 4.78 is 0. The van der Waals surface area contributed by atoms with Gasteiger partial charge in [-0.2, -0.15) is 0 Å². The fourth-order valence-electron chi connectivity index (χ4n) is 0.608. The van der Waals surface area contributed by atoms with Gasteiger partial charge in [-0.05, 0) is 7.05 Å². The zero-order chi connectivity index (χ0) is 8.69. The molecule has 0 fully saturated rings. The van der Waals surface area contributed by atoms with Gasteiger partial charge >= 0.3 is 0 Å². The van der Waals surface area contributed by atoms with Crippen LogP contribution in [0, 0.1) is 0 Å². The molecule has 66 valence electrons. The summed E-state index contributed by atoms with van der Waals surface area (Å²) in [5.41, 5.74) is 0. The maximum absolute atomic E-state index is 10.9. The lowest BCUT2D eigenvalue weighted by Crippen LogP contribution is -2.45. The second kappa shape index (κ2) is 6.09. The number of amides is 1. The van der Waals surface area contributed by atoms with Gasteiger partial charge in [-0.1, -0.05) is 0 Å². The highest BCUT2D eigenvalue weighted by Crippen LogP contribution is 1.79. The minimum absolute atomic E-state index is 0.0897. The number of nitrogens with one attached hydrogen (secondary N) is 2. The molecule has 5 heteroatoms. The highest BCUT2D eigenvalue weighted by Gasteiger charge is 2.13. The van der Waals surface area contributed by atoms with E-state index in [9.17, 15) is 4.79 Å². The molecule has 0 spiro atoms. The van der Waals surface area contributed by atoms with Crippen molar-refractivity contribution in [1.29, 1.82) is 0 Å². The van der Waals surface area contributed by atoms with Crippen molar-refractivity contribution in [3.63, 3.8) is 0 Å². The summed E-state index contributed by atoms with van der Waals surface area (Å²) in [4.78, 5) is 10.9. The first kappa shape index (κ1) is 10.3. The van der Waals surface area contributed by atoms with Crippen molar-refractivity contribution in [2.45, 2.75) is 6.04 Å². The fourth-order valence-corrected chi connectivity index (χ4v) is 0.608. The predicted molar refractivity (Wildman–Crippen MR) is 40.0 cm³/mol. The predicted octanol–water partition coefficient (Wildman–Crippen LogP) is -2.32. The van der Waals surface area contributed by atoms with Crippen LogP contribution in [-0.2, 0) is 4.79 Å². The van der Waals surface area contributed by atoms with E-state index in [4.69, 9.17) is 10.2 Å². The topological polar surface area (TPSA) is 81.6 Å². The number of hydrogen-bond donors (Lipinski definition) is 4. The number of carbonyl (C=O) groups is 1. The highest BCUT2D eigenvalue weighted by molar-refractivity contribution is 5.81. The van der Waals surface area contributed by atoms with Gasteiger partial charge in [0.25, 0.3) is 0 Å². The van der Waals surface area contributed by atoms with Crippen LogP contribution < -0.4 is 10.6 Å². The lowest BCUT2D eigenvalue weighted by atomic mass is 10.3. The molecule has 0 aromatic carbocycles. The number of aliphatic hydroxyl groups is 2. The molecule has 5 nitrogen and oxygen atoms in total. The molecule has 11 heavy (non-hydrogen) atoms. The van der Waals surface area contributed by atoms with Gasteiger partial charge in [-0.25, -0.2) is 0 Å². The maximum atomic E-state index is 10.9. The molecule has 0 rings (SSSR count). The highest BCUT2D eigenvalue weighted by atomic mass is 16.3. The van der Waals surface area contributed by atoms with Crippen LogP contribution in [0.15, 0.2) is 0 Å². The van der Waals surface area contributed by atoms with Crippen molar-refractivity contribution in [1.82, 2.24) is 10.6 Å². The smallest absolute Gasteiger partial charge is 0.239 e. The molecule has 0 aromatic rings. The molecule has 1 unspecified atom stereocenters. The first-order valence-electron chi connectivity index (χ1n) is 3.43. The van der Waals surface area contributed by atoms with E-state index in [2.05, 4.69) is 10.6 Å². The molecule has 0 aliphatic carbocycles. The van der Waals surface area contributed by atoms with E-state index in [-0.39, 0.29) is 25.7 Å². The van der Waals surface area contributed by atoms with Gasteiger partial charge in [0.2, 0.25) is 5.91 Å². The second-order valence-electron chi connectivity index (χ2n) is 2.04. The number of rotatable bonds is 5. The van der Waals surface area contributed by atoms with Gasteiger partial charge < -0.3 is 20.8 Å². The molecular formula is C6H14N2O3. The van der Waals surface area contributed by atoms with Crippen LogP contribution in [-0.4, -0.2) is 49.0 Å². The Labute approximate surface area is 65.4 Å². The summed E-state index contributed by atoms with van der Waals surface area (Å²) in [6.07, 6.45) is 0. The average molecular weight is 162 g/mol. The van der Waals surface area contributed by atoms with E-state index >= 15 is 0 Å². The van der Waals surface area contributed by atoms with Crippen molar-refractivity contribution >= 4 is 5.91 Å². The van der Waals surface area contributed by atoms with Crippen molar-refractivity contribution in [2.24, 2.45) is 0 Å². The molecule has 1 amide bonds. The van der Waals surface area contributed by atoms with Gasteiger partial charge in [0.05, 0.1) is 13.2 Å². The molecule has 4 N–H and O–H groups in total. The summed E-state index contributed by atoms with van der Waals surface area (Å²) in [5, 5.41) is 22.0. The normalized spacial score (nSPS) is 12.6. The Hall–Kier alpha value is -0.650. The first-order chi connectivity index (χ1) is 5.26. The standard InChI is InChI=1S/C6H14N2O3/c1-7-5(4-10)6(11)8-2-3-9/h5,7,9-10H,2-4H2,1H3,(H,8,11). The van der Waals surface area contributed by atoms with Crippen LogP contribution in [0.3, 0.4) is 0 Å². The zero-order valence-electron chi connectivity index (χ0n) is 6.50. The molecule has 0 heterocycles. The quantitative estimate of drug-likeness (QED) is 0.365. The van der Waals surface area contributed by atoms with Gasteiger partial charge in [0, 0.05) is 6.54 Å². The van der Waals surface area contributed by atoms with Crippen LogP contribution in [0.25, 0.3) is 0 Å². The minimum atomic E-state index is -0.582. The number of aliphatic hydroxyl groups excluding tert-OH is 2. The summed E-state index contributed by atoms with van der Waals surface area (Å²) in [5.74, 6) is -0.302. The fraction of sp³-hybridized carbons (Fsp3) is 0.833. The summed E-state index contributed by atoms with van der Waals surface area (Å²) >= 11 is 0. The minimum Gasteiger partial charge on any atom is -0.395 e. The third kappa shape index (κ3) is 3.92. The van der Waals surface area contributed by atoms with Crippen LogP contribution in [0.1, 0.15) is 0 Å². The van der Waals surface area contributed by atoms with Gasteiger partial charge in [-0.3, -0.25) is 4.79 Å². The maximum Gasteiger partial charge on any atom is 0.239 e. The summed E-state index contributed by atoms with van der Waals surface area (Å²) in [6.45, 7) is -0.113. The Morgan fingerprint density at radius 1 is 1.55 bits per heavy atom. The molecule has 0 aliphatic heterocycles. The van der Waals surface area contributed by atoms with Crippen LogP contribution in [0.2, 0.25) is 0 Å². The van der Waals surface area contributed by atoms with Crippen molar-refractivity contribution in [3.05, 3.63) is 0 Å². The summed E-state index contributed by atoms with van der Waals surface area (Å²) in [6, 6.07) is -0.582.